The van der Waals surface area contributed by atoms with Crippen molar-refractivity contribution in [3.8, 4) is 17.0 Å². The van der Waals surface area contributed by atoms with Crippen LogP contribution in [0.3, 0.4) is 0 Å². The molecule has 2 aromatic carbocycles. The van der Waals surface area contributed by atoms with Crippen LogP contribution in [-0.4, -0.2) is 41.3 Å². The highest BCUT2D eigenvalue weighted by Crippen LogP contribution is 2.24. The van der Waals surface area contributed by atoms with Gasteiger partial charge in [0.2, 0.25) is 5.91 Å². The number of hydrogen-bond donors (Lipinski definition) is 2. The number of rotatable bonds is 7. The molecular weight excluding hydrogens is 418 g/mol. The minimum absolute atomic E-state index is 0.301. The van der Waals surface area contributed by atoms with Gasteiger partial charge >= 0.3 is 5.97 Å². The Balaban J connectivity index is 1.73. The van der Waals surface area contributed by atoms with E-state index in [-0.39, 0.29) is 11.5 Å². The standard InChI is InChI=1S/C22H21N3O5S/c1-13(20(27)23-16-6-4-5-15(11-16)21(28)30-3)31-22-24-18(12-19(26)25-22)14-7-9-17(29-2)10-8-14/h4-13H,1-3H3,(H,23,27)(H,24,25,26). The second-order valence-electron chi connectivity index (χ2n) is 6.49. The number of anilines is 1. The van der Waals surface area contributed by atoms with Crippen molar-refractivity contribution in [2.45, 2.75) is 17.3 Å². The van der Waals surface area contributed by atoms with Gasteiger partial charge in [-0.05, 0) is 49.4 Å². The van der Waals surface area contributed by atoms with Crippen molar-refractivity contribution in [2.75, 3.05) is 19.5 Å². The average molecular weight is 439 g/mol. The SMILES string of the molecule is COC(=O)c1cccc(NC(=O)C(C)Sc2nc(-c3ccc(OC)cc3)cc(=O)[nH]2)c1. The van der Waals surface area contributed by atoms with E-state index in [1.165, 1.54) is 19.2 Å². The molecular formula is C22H21N3O5S. The molecule has 31 heavy (non-hydrogen) atoms. The summed E-state index contributed by atoms with van der Waals surface area (Å²) in [6.45, 7) is 1.70. The summed E-state index contributed by atoms with van der Waals surface area (Å²) >= 11 is 1.12. The maximum atomic E-state index is 12.6. The highest BCUT2D eigenvalue weighted by Gasteiger charge is 2.17. The van der Waals surface area contributed by atoms with Crippen LogP contribution in [-0.2, 0) is 9.53 Å². The third kappa shape index (κ3) is 5.73. The third-order valence-corrected chi connectivity index (χ3v) is 5.30. The molecule has 1 atom stereocenters. The topological polar surface area (TPSA) is 110 Å². The number of aromatic nitrogens is 2. The van der Waals surface area contributed by atoms with Crippen LogP contribution in [0.2, 0.25) is 0 Å². The molecule has 0 saturated heterocycles. The molecule has 1 unspecified atom stereocenters. The molecule has 0 spiro atoms. The minimum Gasteiger partial charge on any atom is -0.497 e. The summed E-state index contributed by atoms with van der Waals surface area (Å²) in [5, 5.41) is 2.52. The highest BCUT2D eigenvalue weighted by molar-refractivity contribution is 8.00. The average Bonchev–Trinajstić information content (AvgIpc) is 2.78. The Morgan fingerprint density at radius 3 is 2.52 bits per heavy atom. The summed E-state index contributed by atoms with van der Waals surface area (Å²) in [6.07, 6.45) is 0. The van der Waals surface area contributed by atoms with Gasteiger partial charge in [0.15, 0.2) is 5.16 Å². The van der Waals surface area contributed by atoms with Crippen molar-refractivity contribution in [1.29, 1.82) is 0 Å². The summed E-state index contributed by atoms with van der Waals surface area (Å²) < 4.78 is 9.83. The molecule has 0 aliphatic rings. The number of carbonyl (C=O) groups excluding carboxylic acids is 2. The monoisotopic (exact) mass is 439 g/mol. The van der Waals surface area contributed by atoms with Gasteiger partial charge in [-0.1, -0.05) is 17.8 Å². The van der Waals surface area contributed by atoms with Crippen LogP contribution in [0, 0.1) is 0 Å². The van der Waals surface area contributed by atoms with Crippen molar-refractivity contribution >= 4 is 29.3 Å². The largest absolute Gasteiger partial charge is 0.497 e. The van der Waals surface area contributed by atoms with Gasteiger partial charge in [0.25, 0.3) is 5.56 Å². The number of thioether (sulfide) groups is 1. The van der Waals surface area contributed by atoms with Crippen LogP contribution in [0.5, 0.6) is 5.75 Å². The van der Waals surface area contributed by atoms with Crippen LogP contribution < -0.4 is 15.6 Å². The first-order valence-corrected chi connectivity index (χ1v) is 10.2. The van der Waals surface area contributed by atoms with Crippen molar-refractivity contribution in [2.24, 2.45) is 0 Å². The van der Waals surface area contributed by atoms with Gasteiger partial charge in [0, 0.05) is 17.3 Å². The van der Waals surface area contributed by atoms with Crippen LogP contribution >= 0.6 is 11.8 Å². The van der Waals surface area contributed by atoms with E-state index in [4.69, 9.17) is 4.74 Å². The predicted octanol–water partition coefficient (Wildman–Crippen LogP) is 3.35. The Hall–Kier alpha value is -3.59. The van der Waals surface area contributed by atoms with Crippen molar-refractivity contribution < 1.29 is 19.1 Å². The Labute approximate surface area is 183 Å². The predicted molar refractivity (Wildman–Crippen MR) is 119 cm³/mol. The summed E-state index contributed by atoms with van der Waals surface area (Å²) in [6, 6.07) is 15.0. The highest BCUT2D eigenvalue weighted by atomic mass is 32.2. The molecule has 0 saturated carbocycles. The number of ether oxygens (including phenoxy) is 2. The van der Waals surface area contributed by atoms with E-state index in [1.54, 1.807) is 56.5 Å². The lowest BCUT2D eigenvalue weighted by Crippen LogP contribution is -2.23. The molecule has 160 valence electrons. The first-order valence-electron chi connectivity index (χ1n) is 9.31. The lowest BCUT2D eigenvalue weighted by atomic mass is 10.1. The maximum Gasteiger partial charge on any atom is 0.337 e. The number of carbonyl (C=O) groups is 2. The number of benzene rings is 2. The smallest absolute Gasteiger partial charge is 0.337 e. The zero-order valence-corrected chi connectivity index (χ0v) is 18.0. The molecule has 3 aromatic rings. The number of nitrogens with one attached hydrogen (secondary N) is 2. The molecule has 8 nitrogen and oxygen atoms in total. The number of aromatic amines is 1. The first kappa shape index (κ1) is 22.1. The van der Waals surface area contributed by atoms with Gasteiger partial charge in [-0.2, -0.15) is 0 Å². The van der Waals surface area contributed by atoms with Gasteiger partial charge < -0.3 is 19.8 Å². The zero-order valence-electron chi connectivity index (χ0n) is 17.2. The number of amides is 1. The number of H-pyrrole nitrogens is 1. The molecule has 0 radical (unpaired) electrons. The molecule has 0 aliphatic heterocycles. The Kier molecular flexibility index (Phi) is 7.09. The van der Waals surface area contributed by atoms with E-state index >= 15 is 0 Å². The van der Waals surface area contributed by atoms with Crippen LogP contribution in [0.25, 0.3) is 11.3 Å². The fourth-order valence-corrected chi connectivity index (χ4v) is 3.52. The lowest BCUT2D eigenvalue weighted by molar-refractivity contribution is -0.115. The van der Waals surface area contributed by atoms with E-state index in [1.807, 2.05) is 0 Å². The van der Waals surface area contributed by atoms with Crippen molar-refractivity contribution in [3.05, 3.63) is 70.5 Å². The number of hydrogen-bond acceptors (Lipinski definition) is 7. The molecule has 1 amide bonds. The summed E-state index contributed by atoms with van der Waals surface area (Å²) in [4.78, 5) is 43.5. The molecule has 0 aliphatic carbocycles. The lowest BCUT2D eigenvalue weighted by Gasteiger charge is -2.12. The Bertz CT molecular complexity index is 1140. The van der Waals surface area contributed by atoms with Crippen LogP contribution in [0.15, 0.2) is 64.5 Å². The number of nitrogens with zero attached hydrogens (tertiary/aromatic N) is 1. The van der Waals surface area contributed by atoms with E-state index < -0.39 is 11.2 Å². The fraction of sp³-hybridized carbons (Fsp3) is 0.182. The quantitative estimate of drug-likeness (QED) is 0.330. The molecule has 3 rings (SSSR count). The Morgan fingerprint density at radius 1 is 1.10 bits per heavy atom. The van der Waals surface area contributed by atoms with Crippen molar-refractivity contribution in [1.82, 2.24) is 9.97 Å². The zero-order chi connectivity index (χ0) is 22.4. The van der Waals surface area contributed by atoms with E-state index in [2.05, 4.69) is 20.0 Å². The van der Waals surface area contributed by atoms with Gasteiger partial charge in [-0.15, -0.1) is 0 Å². The third-order valence-electron chi connectivity index (χ3n) is 4.31. The molecule has 2 N–H and O–H groups in total. The van der Waals surface area contributed by atoms with Gasteiger partial charge in [0.05, 0.1) is 30.7 Å². The first-order chi connectivity index (χ1) is 14.9. The van der Waals surface area contributed by atoms with Gasteiger partial charge in [-0.25, -0.2) is 9.78 Å². The minimum atomic E-state index is -0.559. The van der Waals surface area contributed by atoms with Crippen molar-refractivity contribution in [3.63, 3.8) is 0 Å². The maximum absolute atomic E-state index is 12.6. The molecule has 1 heterocycles. The summed E-state index contributed by atoms with van der Waals surface area (Å²) in [7, 11) is 2.87. The van der Waals surface area contributed by atoms with E-state index in [0.29, 0.717) is 27.9 Å². The Morgan fingerprint density at radius 2 is 1.84 bits per heavy atom. The number of esters is 1. The van der Waals surface area contributed by atoms with Gasteiger partial charge in [0.1, 0.15) is 5.75 Å². The van der Waals surface area contributed by atoms with E-state index in [9.17, 15) is 14.4 Å². The number of methoxy groups -OCH3 is 2. The summed E-state index contributed by atoms with van der Waals surface area (Å²) in [5.74, 6) is -0.0927. The van der Waals surface area contributed by atoms with Gasteiger partial charge in [-0.3, -0.25) is 9.59 Å². The summed E-state index contributed by atoms with van der Waals surface area (Å²) in [5.41, 5.74) is 1.73. The molecule has 9 heteroatoms. The second-order valence-corrected chi connectivity index (χ2v) is 7.82. The molecule has 0 fully saturated rings. The normalized spacial score (nSPS) is 11.5. The van der Waals surface area contributed by atoms with E-state index in [0.717, 1.165) is 17.3 Å². The van der Waals surface area contributed by atoms with Crippen LogP contribution in [0.4, 0.5) is 5.69 Å². The van der Waals surface area contributed by atoms with Crippen LogP contribution in [0.1, 0.15) is 17.3 Å². The fourth-order valence-electron chi connectivity index (χ4n) is 2.71. The second kappa shape index (κ2) is 9.94. The molecule has 0 bridgehead atoms. The molecule has 1 aromatic heterocycles.